The van der Waals surface area contributed by atoms with Crippen LogP contribution in [0.1, 0.15) is 58.9 Å². The summed E-state index contributed by atoms with van der Waals surface area (Å²) in [6.45, 7) is 1.75. The van der Waals surface area contributed by atoms with Gasteiger partial charge in [-0.15, -0.1) is 0 Å². The highest BCUT2D eigenvalue weighted by Gasteiger charge is 2.40. The zero-order valence-electron chi connectivity index (χ0n) is 17.5. The third-order valence-electron chi connectivity index (χ3n) is 5.73. The molecule has 1 N–H and O–H groups in total. The molecule has 6 nitrogen and oxygen atoms in total. The fraction of sp³-hybridized carbons (Fsp3) is 0.476. The maximum Gasteiger partial charge on any atom is 0.435 e. The number of aryl methyl sites for hydroxylation is 1. The Kier molecular flexibility index (Phi) is 6.10. The second-order valence-electron chi connectivity index (χ2n) is 8.28. The van der Waals surface area contributed by atoms with Crippen LogP contribution < -0.4 is 5.32 Å². The molecule has 0 atom stereocenters. The number of nitrogens with zero attached hydrogens (tertiary/aromatic N) is 3. The zero-order chi connectivity index (χ0) is 24.0. The summed E-state index contributed by atoms with van der Waals surface area (Å²) < 4.78 is 74.2. The molecule has 0 radical (unpaired) electrons. The molecule has 1 aliphatic carbocycles. The average molecular weight is 491 g/mol. The van der Waals surface area contributed by atoms with Gasteiger partial charge in [0.1, 0.15) is 22.3 Å². The van der Waals surface area contributed by atoms with Crippen LogP contribution in [0.2, 0.25) is 5.15 Å². The van der Waals surface area contributed by atoms with Crippen LogP contribution in [0.25, 0.3) is 5.65 Å². The highest BCUT2D eigenvalue weighted by Crippen LogP contribution is 2.40. The summed E-state index contributed by atoms with van der Waals surface area (Å²) in [5.74, 6) is -3.15. The molecular formula is C21H20ClF5N4O2. The topological polar surface area (TPSA) is 72.4 Å². The number of amides is 1. The van der Waals surface area contributed by atoms with E-state index in [-0.39, 0.29) is 66.6 Å². The lowest BCUT2D eigenvalue weighted by atomic mass is 9.83. The van der Waals surface area contributed by atoms with Gasteiger partial charge in [0.25, 0.3) is 5.91 Å². The highest BCUT2D eigenvalue weighted by molar-refractivity contribution is 6.30. The van der Waals surface area contributed by atoms with E-state index in [9.17, 15) is 26.7 Å². The molecule has 1 aliphatic rings. The Bertz CT molecular complexity index is 1180. The SMILES string of the molecule is Cc1cc(CNC(=O)c2cc(Cl)n3c(CC4CCC(F)(F)CC4)c(C(F)(F)F)nc3c2)no1. The molecule has 3 aromatic rings. The second-order valence-corrected chi connectivity index (χ2v) is 8.67. The van der Waals surface area contributed by atoms with E-state index in [0.29, 0.717) is 11.5 Å². The van der Waals surface area contributed by atoms with Gasteiger partial charge >= 0.3 is 6.18 Å². The number of rotatable bonds is 5. The van der Waals surface area contributed by atoms with Crippen molar-refractivity contribution in [3.63, 3.8) is 0 Å². The van der Waals surface area contributed by atoms with Crippen LogP contribution in [-0.4, -0.2) is 26.4 Å². The van der Waals surface area contributed by atoms with Gasteiger partial charge in [-0.1, -0.05) is 16.8 Å². The van der Waals surface area contributed by atoms with Crippen LogP contribution in [0.15, 0.2) is 22.7 Å². The van der Waals surface area contributed by atoms with E-state index in [1.54, 1.807) is 13.0 Å². The predicted octanol–water partition coefficient (Wildman–Crippen LogP) is 5.60. The maximum atomic E-state index is 13.7. The van der Waals surface area contributed by atoms with Crippen molar-refractivity contribution >= 4 is 23.2 Å². The first-order chi connectivity index (χ1) is 15.4. The summed E-state index contributed by atoms with van der Waals surface area (Å²) in [4.78, 5) is 16.2. The summed E-state index contributed by atoms with van der Waals surface area (Å²) in [6, 6.07) is 4.09. The largest absolute Gasteiger partial charge is 0.435 e. The Morgan fingerprint density at radius 3 is 2.58 bits per heavy atom. The first-order valence-corrected chi connectivity index (χ1v) is 10.7. The molecule has 0 bridgehead atoms. The smallest absolute Gasteiger partial charge is 0.361 e. The van der Waals surface area contributed by atoms with Crippen molar-refractivity contribution in [1.29, 1.82) is 0 Å². The van der Waals surface area contributed by atoms with Gasteiger partial charge in [-0.05, 0) is 44.2 Å². The minimum Gasteiger partial charge on any atom is -0.361 e. The monoisotopic (exact) mass is 490 g/mol. The Labute approximate surface area is 190 Å². The molecule has 178 valence electrons. The van der Waals surface area contributed by atoms with Crippen molar-refractivity contribution in [3.05, 3.63) is 51.8 Å². The van der Waals surface area contributed by atoms with Crippen LogP contribution in [0.5, 0.6) is 0 Å². The Hall–Kier alpha value is -2.69. The number of hydrogen-bond donors (Lipinski definition) is 1. The molecule has 1 amide bonds. The molecule has 1 fully saturated rings. The molecule has 0 unspecified atom stereocenters. The number of imidazole rings is 1. The first-order valence-electron chi connectivity index (χ1n) is 10.3. The summed E-state index contributed by atoms with van der Waals surface area (Å²) in [5.41, 5.74) is -0.961. The molecule has 0 saturated heterocycles. The molecule has 0 aliphatic heterocycles. The van der Waals surface area contributed by atoms with E-state index in [1.807, 2.05) is 0 Å². The van der Waals surface area contributed by atoms with Crippen molar-refractivity contribution in [2.24, 2.45) is 5.92 Å². The maximum absolute atomic E-state index is 13.7. The van der Waals surface area contributed by atoms with E-state index in [4.69, 9.17) is 16.1 Å². The number of fused-ring (bicyclic) bond motifs is 1. The van der Waals surface area contributed by atoms with Gasteiger partial charge in [0.2, 0.25) is 5.92 Å². The average Bonchev–Trinajstić information content (AvgIpc) is 3.31. The molecule has 12 heteroatoms. The highest BCUT2D eigenvalue weighted by atomic mass is 35.5. The second kappa shape index (κ2) is 8.58. The standard InChI is InChI=1S/C21H20ClF5N4O2/c1-11-6-14(30-33-11)10-28-19(32)13-8-16(22)31-15(7-12-2-4-20(23,24)5-3-12)18(21(25,26)27)29-17(31)9-13/h6,8-9,12H,2-5,7,10H2,1H3,(H,28,32). The van der Waals surface area contributed by atoms with Crippen molar-refractivity contribution < 1.29 is 31.3 Å². The quantitative estimate of drug-likeness (QED) is 0.373. The summed E-state index contributed by atoms with van der Waals surface area (Å²) in [7, 11) is 0. The number of alkyl halides is 5. The van der Waals surface area contributed by atoms with Crippen molar-refractivity contribution in [2.45, 2.75) is 57.7 Å². The summed E-state index contributed by atoms with van der Waals surface area (Å²) >= 11 is 6.29. The number of pyridine rings is 1. The summed E-state index contributed by atoms with van der Waals surface area (Å²) in [6.07, 6.45) is -5.37. The molecular weight excluding hydrogens is 471 g/mol. The Balaban J connectivity index is 1.63. The third-order valence-corrected chi connectivity index (χ3v) is 6.01. The number of carbonyl (C=O) groups is 1. The van der Waals surface area contributed by atoms with E-state index in [0.717, 1.165) is 4.40 Å². The van der Waals surface area contributed by atoms with Crippen LogP contribution in [0.4, 0.5) is 22.0 Å². The third kappa shape index (κ3) is 5.13. The van der Waals surface area contributed by atoms with Crippen LogP contribution in [-0.2, 0) is 19.1 Å². The van der Waals surface area contributed by atoms with E-state index < -0.39 is 23.7 Å². The minimum absolute atomic E-state index is 0.0234. The van der Waals surface area contributed by atoms with Gasteiger partial charge < -0.3 is 9.84 Å². The number of nitrogens with one attached hydrogen (secondary N) is 1. The molecule has 3 aromatic heterocycles. The van der Waals surface area contributed by atoms with Gasteiger partial charge in [-0.3, -0.25) is 9.20 Å². The van der Waals surface area contributed by atoms with Crippen molar-refractivity contribution in [1.82, 2.24) is 19.9 Å². The number of hydrogen-bond acceptors (Lipinski definition) is 4. The van der Waals surface area contributed by atoms with E-state index in [1.165, 1.54) is 12.1 Å². The molecule has 3 heterocycles. The molecule has 0 spiro atoms. The van der Waals surface area contributed by atoms with Gasteiger partial charge in [-0.2, -0.15) is 13.2 Å². The van der Waals surface area contributed by atoms with Gasteiger partial charge in [0.05, 0.1) is 12.2 Å². The zero-order valence-corrected chi connectivity index (χ0v) is 18.2. The molecule has 4 rings (SSSR count). The van der Waals surface area contributed by atoms with Crippen molar-refractivity contribution in [3.8, 4) is 0 Å². The predicted molar refractivity (Wildman–Crippen MR) is 108 cm³/mol. The van der Waals surface area contributed by atoms with Crippen LogP contribution in [0, 0.1) is 12.8 Å². The van der Waals surface area contributed by atoms with Crippen molar-refractivity contribution in [2.75, 3.05) is 0 Å². The first kappa shape index (κ1) is 23.5. The minimum atomic E-state index is -4.77. The molecule has 1 saturated carbocycles. The number of aromatic nitrogens is 3. The lowest BCUT2D eigenvalue weighted by molar-refractivity contribution is -0.141. The lowest BCUT2D eigenvalue weighted by Gasteiger charge is -2.28. The van der Waals surface area contributed by atoms with Gasteiger partial charge in [0.15, 0.2) is 5.69 Å². The van der Waals surface area contributed by atoms with Gasteiger partial charge in [0, 0.05) is 24.5 Å². The lowest BCUT2D eigenvalue weighted by Crippen LogP contribution is -2.26. The number of carbonyl (C=O) groups excluding carboxylic acids is 1. The van der Waals surface area contributed by atoms with E-state index >= 15 is 0 Å². The van der Waals surface area contributed by atoms with Crippen LogP contribution >= 0.6 is 11.6 Å². The Morgan fingerprint density at radius 2 is 1.97 bits per heavy atom. The fourth-order valence-electron chi connectivity index (χ4n) is 4.08. The normalized spacial score (nSPS) is 16.9. The fourth-order valence-corrected chi connectivity index (χ4v) is 4.39. The summed E-state index contributed by atoms with van der Waals surface area (Å²) in [5, 5.41) is 6.22. The Morgan fingerprint density at radius 1 is 1.27 bits per heavy atom. The van der Waals surface area contributed by atoms with Crippen LogP contribution in [0.3, 0.4) is 0 Å². The molecule has 0 aromatic carbocycles. The number of halogens is 6. The molecule has 33 heavy (non-hydrogen) atoms. The van der Waals surface area contributed by atoms with Gasteiger partial charge in [-0.25, -0.2) is 13.8 Å². The van der Waals surface area contributed by atoms with E-state index in [2.05, 4.69) is 15.5 Å².